The molecule has 0 spiro atoms. The van der Waals surface area contributed by atoms with Crippen LogP contribution in [-0.4, -0.2) is 25.0 Å². The molecule has 0 radical (unpaired) electrons. The number of benzene rings is 1. The predicted octanol–water partition coefficient (Wildman–Crippen LogP) is 2.77. The summed E-state index contributed by atoms with van der Waals surface area (Å²) in [6.45, 7) is 3.87. The van der Waals surface area contributed by atoms with Gasteiger partial charge in [0.05, 0.1) is 7.11 Å². The van der Waals surface area contributed by atoms with E-state index in [1.807, 2.05) is 19.9 Å². The third-order valence-corrected chi connectivity index (χ3v) is 3.53. The summed E-state index contributed by atoms with van der Waals surface area (Å²) < 4.78 is 5.55. The molecule has 2 unspecified atom stereocenters. The lowest BCUT2D eigenvalue weighted by molar-refractivity contribution is -0.144. The van der Waals surface area contributed by atoms with Gasteiger partial charge in [0.25, 0.3) is 5.91 Å². The van der Waals surface area contributed by atoms with Crippen LogP contribution >= 0.6 is 15.9 Å². The second-order valence-electron chi connectivity index (χ2n) is 4.37. The fraction of sp³-hybridized carbons (Fsp3) is 0.429. The quantitative estimate of drug-likeness (QED) is 0.846. The van der Waals surface area contributed by atoms with E-state index >= 15 is 0 Å². The highest BCUT2D eigenvalue weighted by Crippen LogP contribution is 2.14. The SMILES string of the molecule is CCC(C)C(NC(=O)c1cccc(Br)c1)C(=O)OC. The Hall–Kier alpha value is -1.36. The minimum absolute atomic E-state index is 0.0172. The van der Waals surface area contributed by atoms with Crippen LogP contribution in [0.5, 0.6) is 0 Å². The van der Waals surface area contributed by atoms with Crippen molar-refractivity contribution in [2.45, 2.75) is 26.3 Å². The monoisotopic (exact) mass is 327 g/mol. The van der Waals surface area contributed by atoms with E-state index < -0.39 is 12.0 Å². The Morgan fingerprint density at radius 2 is 2.11 bits per heavy atom. The first-order chi connectivity index (χ1) is 8.99. The molecule has 0 bridgehead atoms. The third-order valence-electron chi connectivity index (χ3n) is 3.04. The first-order valence-corrected chi connectivity index (χ1v) is 6.93. The second kappa shape index (κ2) is 7.28. The van der Waals surface area contributed by atoms with Gasteiger partial charge in [-0.1, -0.05) is 42.3 Å². The summed E-state index contributed by atoms with van der Waals surface area (Å²) in [6.07, 6.45) is 0.776. The Balaban J connectivity index is 2.84. The highest BCUT2D eigenvalue weighted by atomic mass is 79.9. The summed E-state index contributed by atoms with van der Waals surface area (Å²) in [5, 5.41) is 2.73. The molecule has 0 aliphatic heterocycles. The van der Waals surface area contributed by atoms with Gasteiger partial charge in [-0.15, -0.1) is 0 Å². The summed E-state index contributed by atoms with van der Waals surface area (Å²) in [4.78, 5) is 23.8. The van der Waals surface area contributed by atoms with Crippen molar-refractivity contribution in [3.05, 3.63) is 34.3 Å². The highest BCUT2D eigenvalue weighted by molar-refractivity contribution is 9.10. The number of esters is 1. The zero-order valence-corrected chi connectivity index (χ0v) is 12.9. The molecular weight excluding hydrogens is 310 g/mol. The van der Waals surface area contributed by atoms with E-state index in [0.29, 0.717) is 5.56 Å². The molecule has 1 amide bonds. The summed E-state index contributed by atoms with van der Waals surface area (Å²) in [5.74, 6) is -0.682. The van der Waals surface area contributed by atoms with E-state index in [9.17, 15) is 9.59 Å². The van der Waals surface area contributed by atoms with Gasteiger partial charge in [0.1, 0.15) is 6.04 Å². The Morgan fingerprint density at radius 3 is 2.63 bits per heavy atom. The highest BCUT2D eigenvalue weighted by Gasteiger charge is 2.26. The van der Waals surface area contributed by atoms with Gasteiger partial charge in [-0.2, -0.15) is 0 Å². The number of rotatable bonds is 5. The van der Waals surface area contributed by atoms with Crippen molar-refractivity contribution in [1.29, 1.82) is 0 Å². The van der Waals surface area contributed by atoms with Gasteiger partial charge >= 0.3 is 5.97 Å². The zero-order chi connectivity index (χ0) is 14.4. The van der Waals surface area contributed by atoms with Crippen molar-refractivity contribution in [2.75, 3.05) is 7.11 Å². The normalized spacial score (nSPS) is 13.5. The lowest BCUT2D eigenvalue weighted by Crippen LogP contribution is -2.45. The van der Waals surface area contributed by atoms with Crippen molar-refractivity contribution in [3.63, 3.8) is 0 Å². The van der Waals surface area contributed by atoms with Gasteiger partial charge in [-0.25, -0.2) is 4.79 Å². The number of carbonyl (C=O) groups excluding carboxylic acids is 2. The number of ether oxygens (including phenoxy) is 1. The number of hydrogen-bond donors (Lipinski definition) is 1. The average molecular weight is 328 g/mol. The molecule has 19 heavy (non-hydrogen) atoms. The molecule has 1 N–H and O–H groups in total. The first kappa shape index (κ1) is 15.7. The molecule has 2 atom stereocenters. The van der Waals surface area contributed by atoms with Crippen LogP contribution < -0.4 is 5.32 Å². The van der Waals surface area contributed by atoms with Gasteiger partial charge in [0.2, 0.25) is 0 Å². The molecule has 1 aromatic carbocycles. The van der Waals surface area contributed by atoms with Crippen LogP contribution in [0.25, 0.3) is 0 Å². The summed E-state index contributed by atoms with van der Waals surface area (Å²) >= 11 is 3.31. The molecule has 4 nitrogen and oxygen atoms in total. The molecule has 0 aliphatic rings. The maximum absolute atomic E-state index is 12.1. The Bertz CT molecular complexity index is 462. The van der Waals surface area contributed by atoms with Crippen molar-refractivity contribution >= 4 is 27.8 Å². The number of amides is 1. The largest absolute Gasteiger partial charge is 0.467 e. The maximum atomic E-state index is 12.1. The Labute approximate surface area is 121 Å². The van der Waals surface area contributed by atoms with E-state index in [1.54, 1.807) is 18.2 Å². The van der Waals surface area contributed by atoms with Crippen molar-refractivity contribution in [2.24, 2.45) is 5.92 Å². The molecule has 104 valence electrons. The van der Waals surface area contributed by atoms with Gasteiger partial charge in [0.15, 0.2) is 0 Å². The van der Waals surface area contributed by atoms with E-state index in [4.69, 9.17) is 4.74 Å². The molecule has 0 saturated carbocycles. The Morgan fingerprint density at radius 1 is 1.42 bits per heavy atom. The minimum Gasteiger partial charge on any atom is -0.467 e. The molecule has 0 aromatic heterocycles. The second-order valence-corrected chi connectivity index (χ2v) is 5.29. The predicted molar refractivity (Wildman–Crippen MR) is 76.9 cm³/mol. The summed E-state index contributed by atoms with van der Waals surface area (Å²) in [6, 6.07) is 6.39. The summed E-state index contributed by atoms with van der Waals surface area (Å²) in [5.41, 5.74) is 0.506. The average Bonchev–Trinajstić information content (AvgIpc) is 2.42. The third kappa shape index (κ3) is 4.35. The zero-order valence-electron chi connectivity index (χ0n) is 11.3. The molecule has 0 saturated heterocycles. The smallest absolute Gasteiger partial charge is 0.328 e. The Kier molecular flexibility index (Phi) is 6.02. The van der Waals surface area contributed by atoms with Gasteiger partial charge in [-0.05, 0) is 24.1 Å². The molecule has 1 aromatic rings. The fourth-order valence-electron chi connectivity index (χ4n) is 1.65. The lowest BCUT2D eigenvalue weighted by atomic mass is 9.99. The molecule has 0 fully saturated rings. The lowest BCUT2D eigenvalue weighted by Gasteiger charge is -2.21. The molecule has 5 heteroatoms. The number of hydrogen-bond acceptors (Lipinski definition) is 3. The number of halogens is 1. The number of carbonyl (C=O) groups is 2. The van der Waals surface area contributed by atoms with E-state index in [1.165, 1.54) is 7.11 Å². The molecule has 1 rings (SSSR count). The van der Waals surface area contributed by atoms with Crippen molar-refractivity contribution < 1.29 is 14.3 Å². The fourth-order valence-corrected chi connectivity index (χ4v) is 2.05. The number of nitrogens with one attached hydrogen (secondary N) is 1. The van der Waals surface area contributed by atoms with Gasteiger partial charge in [0, 0.05) is 10.0 Å². The van der Waals surface area contributed by atoms with Crippen molar-refractivity contribution in [3.8, 4) is 0 Å². The van der Waals surface area contributed by atoms with E-state index in [0.717, 1.165) is 10.9 Å². The van der Waals surface area contributed by atoms with E-state index in [-0.39, 0.29) is 11.8 Å². The van der Waals surface area contributed by atoms with Crippen LogP contribution in [0.2, 0.25) is 0 Å². The molecule has 0 heterocycles. The van der Waals surface area contributed by atoms with Crippen LogP contribution in [-0.2, 0) is 9.53 Å². The van der Waals surface area contributed by atoms with Crippen LogP contribution in [0.3, 0.4) is 0 Å². The minimum atomic E-state index is -0.624. The van der Waals surface area contributed by atoms with Crippen LogP contribution in [0.1, 0.15) is 30.6 Å². The van der Waals surface area contributed by atoms with Crippen molar-refractivity contribution in [1.82, 2.24) is 5.32 Å². The standard InChI is InChI=1S/C14H18BrNO3/c1-4-9(2)12(14(18)19-3)16-13(17)10-6-5-7-11(15)8-10/h5-9,12H,4H2,1-3H3,(H,16,17). The van der Waals surface area contributed by atoms with Gasteiger partial charge in [-0.3, -0.25) is 4.79 Å². The summed E-state index contributed by atoms with van der Waals surface area (Å²) in [7, 11) is 1.32. The van der Waals surface area contributed by atoms with Gasteiger partial charge < -0.3 is 10.1 Å². The first-order valence-electron chi connectivity index (χ1n) is 6.13. The van der Waals surface area contributed by atoms with Crippen LogP contribution in [0, 0.1) is 5.92 Å². The van der Waals surface area contributed by atoms with Crippen LogP contribution in [0.15, 0.2) is 28.7 Å². The number of methoxy groups -OCH3 is 1. The maximum Gasteiger partial charge on any atom is 0.328 e. The van der Waals surface area contributed by atoms with E-state index in [2.05, 4.69) is 21.2 Å². The topological polar surface area (TPSA) is 55.4 Å². The van der Waals surface area contributed by atoms with Crippen LogP contribution in [0.4, 0.5) is 0 Å². The molecular formula is C14H18BrNO3. The molecule has 0 aliphatic carbocycles.